The molecule has 0 aliphatic carbocycles. The number of aliphatic hydroxyl groups is 1. The maximum absolute atomic E-state index is 9.92. The molecule has 2 unspecified atom stereocenters. The number of rotatable bonds is 8. The molecule has 1 N–H and O–H groups in total. The van der Waals surface area contributed by atoms with Crippen molar-refractivity contribution >= 4 is 0 Å². The quantitative estimate of drug-likeness (QED) is 0.687. The van der Waals surface area contributed by atoms with E-state index in [0.717, 1.165) is 26.1 Å². The van der Waals surface area contributed by atoms with Crippen LogP contribution in [-0.2, 0) is 0 Å². The summed E-state index contributed by atoms with van der Waals surface area (Å²) in [6.07, 6.45) is 0.624. The van der Waals surface area contributed by atoms with E-state index in [1.165, 1.54) is 0 Å². The minimum atomic E-state index is -0.207. The minimum Gasteiger partial charge on any atom is -0.392 e. The Morgan fingerprint density at radius 2 is 1.62 bits per heavy atom. The van der Waals surface area contributed by atoms with E-state index in [1.807, 2.05) is 6.92 Å². The lowest BCUT2D eigenvalue weighted by molar-refractivity contribution is 0.0462. The topological polar surface area (TPSA) is 26.7 Å². The van der Waals surface area contributed by atoms with E-state index in [4.69, 9.17) is 0 Å². The highest BCUT2D eigenvalue weighted by Gasteiger charge is 2.20. The first-order valence-corrected chi connectivity index (χ1v) is 6.45. The molecule has 0 amide bonds. The van der Waals surface area contributed by atoms with Crippen LogP contribution in [0, 0.1) is 5.92 Å². The van der Waals surface area contributed by atoms with Gasteiger partial charge in [0.1, 0.15) is 0 Å². The van der Waals surface area contributed by atoms with Crippen molar-refractivity contribution in [1.82, 2.24) is 9.80 Å². The minimum absolute atomic E-state index is 0.207. The van der Waals surface area contributed by atoms with Gasteiger partial charge in [-0.3, -0.25) is 4.90 Å². The van der Waals surface area contributed by atoms with Gasteiger partial charge in [0.15, 0.2) is 0 Å². The Bertz CT molecular complexity index is 171. The highest BCUT2D eigenvalue weighted by Crippen LogP contribution is 2.10. The number of hydrogen-bond acceptors (Lipinski definition) is 3. The van der Waals surface area contributed by atoms with Crippen molar-refractivity contribution in [2.24, 2.45) is 5.92 Å². The van der Waals surface area contributed by atoms with Crippen LogP contribution in [0.4, 0.5) is 0 Å². The van der Waals surface area contributed by atoms with Gasteiger partial charge in [-0.05, 0) is 33.4 Å². The van der Waals surface area contributed by atoms with Crippen LogP contribution >= 0.6 is 0 Å². The smallest absolute Gasteiger partial charge is 0.0690 e. The van der Waals surface area contributed by atoms with E-state index in [2.05, 4.69) is 44.7 Å². The van der Waals surface area contributed by atoms with Gasteiger partial charge in [0.2, 0.25) is 0 Å². The molecule has 98 valence electrons. The van der Waals surface area contributed by atoms with Crippen LogP contribution in [0.1, 0.15) is 34.1 Å². The van der Waals surface area contributed by atoms with Gasteiger partial charge in [-0.2, -0.15) is 0 Å². The Morgan fingerprint density at radius 1 is 1.06 bits per heavy atom. The normalized spacial score (nSPS) is 16.1. The van der Waals surface area contributed by atoms with Crippen molar-refractivity contribution in [3.05, 3.63) is 0 Å². The van der Waals surface area contributed by atoms with Gasteiger partial charge in [-0.15, -0.1) is 0 Å². The van der Waals surface area contributed by atoms with Crippen LogP contribution in [0.25, 0.3) is 0 Å². The van der Waals surface area contributed by atoms with E-state index in [-0.39, 0.29) is 12.1 Å². The number of nitrogens with zero attached hydrogens (tertiary/aromatic N) is 2. The summed E-state index contributed by atoms with van der Waals surface area (Å²) in [6, 6.07) is 0.257. The Balaban J connectivity index is 4.28. The highest BCUT2D eigenvalue weighted by atomic mass is 16.3. The van der Waals surface area contributed by atoms with Crippen LogP contribution in [0.5, 0.6) is 0 Å². The summed E-state index contributed by atoms with van der Waals surface area (Å²) in [5.41, 5.74) is 0. The van der Waals surface area contributed by atoms with Crippen LogP contribution in [0.3, 0.4) is 0 Å². The Morgan fingerprint density at radius 3 is 2.00 bits per heavy atom. The van der Waals surface area contributed by atoms with E-state index in [9.17, 15) is 5.11 Å². The first-order valence-electron chi connectivity index (χ1n) is 6.45. The maximum atomic E-state index is 9.92. The van der Waals surface area contributed by atoms with E-state index in [1.54, 1.807) is 0 Å². The largest absolute Gasteiger partial charge is 0.392 e. The van der Waals surface area contributed by atoms with Crippen LogP contribution in [0.15, 0.2) is 0 Å². The Hall–Kier alpha value is -0.120. The zero-order chi connectivity index (χ0) is 12.7. The number of likely N-dealkylation sites (N-methyl/N-ethyl adjacent to an activating group) is 1. The first kappa shape index (κ1) is 15.9. The fraction of sp³-hybridized carbons (Fsp3) is 1.00. The third-order valence-electron chi connectivity index (χ3n) is 2.99. The van der Waals surface area contributed by atoms with Gasteiger partial charge in [0.25, 0.3) is 0 Å². The molecule has 0 aliphatic heterocycles. The summed E-state index contributed by atoms with van der Waals surface area (Å²) >= 11 is 0. The summed E-state index contributed by atoms with van der Waals surface area (Å²) in [6.45, 7) is 11.8. The third-order valence-corrected chi connectivity index (χ3v) is 2.99. The Labute approximate surface area is 101 Å². The third kappa shape index (κ3) is 6.46. The van der Waals surface area contributed by atoms with Gasteiger partial charge < -0.3 is 10.0 Å². The molecule has 0 heterocycles. The second-order valence-electron chi connectivity index (χ2n) is 5.41. The van der Waals surface area contributed by atoms with E-state index in [0.29, 0.717) is 5.92 Å². The highest BCUT2D eigenvalue weighted by molar-refractivity contribution is 4.75. The molecule has 3 heteroatoms. The predicted octanol–water partition coefficient (Wildman–Crippen LogP) is 1.67. The zero-order valence-electron chi connectivity index (χ0n) is 11.9. The predicted molar refractivity (Wildman–Crippen MR) is 70.7 cm³/mol. The molecule has 0 radical (unpaired) electrons. The molecule has 0 spiro atoms. The molecule has 0 saturated carbocycles. The number of hydrogen-bond donors (Lipinski definition) is 1. The van der Waals surface area contributed by atoms with Crippen LogP contribution < -0.4 is 0 Å². The van der Waals surface area contributed by atoms with Crippen molar-refractivity contribution in [1.29, 1.82) is 0 Å². The average molecular weight is 230 g/mol. The second-order valence-corrected chi connectivity index (χ2v) is 5.41. The van der Waals surface area contributed by atoms with E-state index < -0.39 is 0 Å². The molecular formula is C13H30N2O. The average Bonchev–Trinajstić information content (AvgIpc) is 2.21. The van der Waals surface area contributed by atoms with Gasteiger partial charge in [-0.1, -0.05) is 20.8 Å². The molecular weight excluding hydrogens is 200 g/mol. The molecule has 16 heavy (non-hydrogen) atoms. The van der Waals surface area contributed by atoms with Crippen molar-refractivity contribution in [3.8, 4) is 0 Å². The van der Waals surface area contributed by atoms with Gasteiger partial charge >= 0.3 is 0 Å². The van der Waals surface area contributed by atoms with Gasteiger partial charge in [-0.25, -0.2) is 0 Å². The number of aliphatic hydroxyl groups excluding tert-OH is 1. The van der Waals surface area contributed by atoms with Crippen molar-refractivity contribution in [2.75, 3.05) is 33.7 Å². The molecule has 3 nitrogen and oxygen atoms in total. The zero-order valence-corrected chi connectivity index (χ0v) is 11.9. The second kappa shape index (κ2) is 8.04. The summed E-state index contributed by atoms with van der Waals surface area (Å²) < 4.78 is 0. The molecule has 0 aromatic heterocycles. The SMILES string of the molecule is CCC(O)C(C)N(CCN(C)C)CC(C)C. The molecule has 0 aliphatic rings. The lowest BCUT2D eigenvalue weighted by Crippen LogP contribution is -2.45. The van der Waals surface area contributed by atoms with Crippen molar-refractivity contribution in [3.63, 3.8) is 0 Å². The summed E-state index contributed by atoms with van der Waals surface area (Å²) in [7, 11) is 4.18. The van der Waals surface area contributed by atoms with Crippen molar-refractivity contribution < 1.29 is 5.11 Å². The Kier molecular flexibility index (Phi) is 7.98. The lowest BCUT2D eigenvalue weighted by Gasteiger charge is -2.34. The monoisotopic (exact) mass is 230 g/mol. The summed E-state index contributed by atoms with van der Waals surface area (Å²) in [5.74, 6) is 0.647. The van der Waals surface area contributed by atoms with E-state index >= 15 is 0 Å². The molecule has 0 rings (SSSR count). The van der Waals surface area contributed by atoms with Gasteiger partial charge in [0.05, 0.1) is 6.10 Å². The molecule has 2 atom stereocenters. The van der Waals surface area contributed by atoms with Gasteiger partial charge in [0, 0.05) is 25.7 Å². The summed E-state index contributed by atoms with van der Waals surface area (Å²) in [5, 5.41) is 9.92. The standard InChI is InChI=1S/C13H30N2O/c1-7-13(16)12(4)15(10-11(2)3)9-8-14(5)6/h11-13,16H,7-10H2,1-6H3. The van der Waals surface area contributed by atoms with Crippen LogP contribution in [0.2, 0.25) is 0 Å². The molecule has 0 aromatic rings. The summed E-state index contributed by atoms with van der Waals surface area (Å²) in [4.78, 5) is 4.59. The molecule has 0 fully saturated rings. The van der Waals surface area contributed by atoms with Crippen molar-refractivity contribution in [2.45, 2.75) is 46.3 Å². The van der Waals surface area contributed by atoms with Crippen LogP contribution in [-0.4, -0.2) is 60.8 Å². The molecule has 0 saturated heterocycles. The molecule has 0 aromatic carbocycles. The lowest BCUT2D eigenvalue weighted by atomic mass is 10.1. The maximum Gasteiger partial charge on any atom is 0.0690 e. The fourth-order valence-electron chi connectivity index (χ4n) is 1.84. The first-order chi connectivity index (χ1) is 7.38. The fourth-order valence-corrected chi connectivity index (χ4v) is 1.84. The molecule has 0 bridgehead atoms.